The number of carbonyl (C=O) groups is 2. The molecule has 1 aliphatic heterocycles. The number of benzene rings is 2. The molecule has 0 aromatic heterocycles. The lowest BCUT2D eigenvalue weighted by atomic mass is 10.1. The molecule has 2 aromatic carbocycles. The third-order valence-corrected chi connectivity index (χ3v) is 6.10. The molecule has 2 amide bonds. The van der Waals surface area contributed by atoms with E-state index in [-0.39, 0.29) is 24.6 Å². The van der Waals surface area contributed by atoms with Crippen LogP contribution in [-0.2, 0) is 4.74 Å². The van der Waals surface area contributed by atoms with Crippen molar-refractivity contribution in [3.05, 3.63) is 59.2 Å². The largest absolute Gasteiger partial charge is 0.493 e. The number of morpholine rings is 1. The highest BCUT2D eigenvalue weighted by molar-refractivity contribution is 5.95. The van der Waals surface area contributed by atoms with Crippen LogP contribution in [0.5, 0.6) is 11.5 Å². The molecule has 1 heterocycles. The molecule has 1 aliphatic carbocycles. The van der Waals surface area contributed by atoms with Crippen LogP contribution in [0.1, 0.15) is 33.6 Å². The lowest BCUT2D eigenvalue weighted by Crippen LogP contribution is -2.51. The second-order valence-corrected chi connectivity index (χ2v) is 8.59. The first-order valence-electron chi connectivity index (χ1n) is 11.3. The fourth-order valence-corrected chi connectivity index (χ4v) is 4.10. The highest BCUT2D eigenvalue weighted by Gasteiger charge is 2.32. The van der Waals surface area contributed by atoms with Gasteiger partial charge in [0.2, 0.25) is 0 Å². The van der Waals surface area contributed by atoms with Crippen LogP contribution in [-0.4, -0.2) is 74.7 Å². The smallest absolute Gasteiger partial charge is 0.257 e. The van der Waals surface area contributed by atoms with E-state index in [0.717, 1.165) is 25.0 Å². The summed E-state index contributed by atoms with van der Waals surface area (Å²) in [5.41, 5.74) is 0.286. The SMILES string of the molecule is COc1ccc(C(=O)N(CC2CC2)CC2CN(C(=O)c3ccc(F)cc3F)CCO2)cc1OC. The van der Waals surface area contributed by atoms with E-state index >= 15 is 0 Å². The first-order valence-corrected chi connectivity index (χ1v) is 11.3. The Kier molecular flexibility index (Phi) is 7.31. The van der Waals surface area contributed by atoms with Crippen molar-refractivity contribution in [2.75, 3.05) is 47.0 Å². The number of halogens is 2. The van der Waals surface area contributed by atoms with Crippen LogP contribution in [0.3, 0.4) is 0 Å². The van der Waals surface area contributed by atoms with Gasteiger partial charge in [0.25, 0.3) is 11.8 Å². The molecule has 7 nitrogen and oxygen atoms in total. The van der Waals surface area contributed by atoms with E-state index in [1.807, 2.05) is 0 Å². The Hall–Kier alpha value is -3.20. The molecule has 0 radical (unpaired) electrons. The number of rotatable bonds is 8. The summed E-state index contributed by atoms with van der Waals surface area (Å²) in [6.45, 7) is 1.64. The predicted molar refractivity (Wildman–Crippen MR) is 120 cm³/mol. The van der Waals surface area contributed by atoms with E-state index in [9.17, 15) is 18.4 Å². The minimum Gasteiger partial charge on any atom is -0.493 e. The van der Waals surface area contributed by atoms with Crippen molar-refractivity contribution in [1.82, 2.24) is 9.80 Å². The fourth-order valence-electron chi connectivity index (χ4n) is 4.10. The number of methoxy groups -OCH3 is 2. The first-order chi connectivity index (χ1) is 16.4. The van der Waals surface area contributed by atoms with Gasteiger partial charge >= 0.3 is 0 Å². The van der Waals surface area contributed by atoms with Crippen molar-refractivity contribution in [2.24, 2.45) is 5.92 Å². The van der Waals surface area contributed by atoms with Gasteiger partial charge in [0.15, 0.2) is 11.5 Å². The van der Waals surface area contributed by atoms with Gasteiger partial charge in [-0.15, -0.1) is 0 Å². The zero-order valence-electron chi connectivity index (χ0n) is 19.3. The minimum absolute atomic E-state index is 0.163. The molecular formula is C25H28F2N2O5. The Balaban J connectivity index is 1.47. The van der Waals surface area contributed by atoms with Gasteiger partial charge < -0.3 is 24.0 Å². The lowest BCUT2D eigenvalue weighted by Gasteiger charge is -2.36. The van der Waals surface area contributed by atoms with Crippen molar-refractivity contribution >= 4 is 11.8 Å². The molecule has 4 rings (SSSR count). The molecule has 0 N–H and O–H groups in total. The average Bonchev–Trinajstić information content (AvgIpc) is 3.66. The van der Waals surface area contributed by atoms with Crippen molar-refractivity contribution in [2.45, 2.75) is 18.9 Å². The molecule has 2 aliphatic rings. The van der Waals surface area contributed by atoms with Gasteiger partial charge in [0, 0.05) is 37.8 Å². The molecule has 182 valence electrons. The molecule has 2 aromatic rings. The van der Waals surface area contributed by atoms with Crippen LogP contribution in [0.15, 0.2) is 36.4 Å². The molecule has 34 heavy (non-hydrogen) atoms. The Morgan fingerprint density at radius 1 is 1.06 bits per heavy atom. The average molecular weight is 475 g/mol. The monoisotopic (exact) mass is 474 g/mol. The van der Waals surface area contributed by atoms with Gasteiger partial charge in [-0.2, -0.15) is 0 Å². The summed E-state index contributed by atoms with van der Waals surface area (Å²) < 4.78 is 43.8. The molecule has 2 fully saturated rings. The van der Waals surface area contributed by atoms with Crippen molar-refractivity contribution in [3.63, 3.8) is 0 Å². The van der Waals surface area contributed by atoms with Crippen molar-refractivity contribution in [1.29, 1.82) is 0 Å². The minimum atomic E-state index is -0.896. The molecular weight excluding hydrogens is 446 g/mol. The second kappa shape index (κ2) is 10.4. The highest BCUT2D eigenvalue weighted by atomic mass is 19.1. The summed E-state index contributed by atoms with van der Waals surface area (Å²) in [5.74, 6) is -0.878. The fraction of sp³-hybridized carbons (Fsp3) is 0.440. The maximum absolute atomic E-state index is 14.1. The van der Waals surface area contributed by atoms with E-state index in [0.29, 0.717) is 48.7 Å². The maximum atomic E-state index is 14.1. The van der Waals surface area contributed by atoms with Crippen LogP contribution in [0.2, 0.25) is 0 Å². The molecule has 1 unspecified atom stereocenters. The van der Waals surface area contributed by atoms with Gasteiger partial charge in [-0.05, 0) is 49.1 Å². The van der Waals surface area contributed by atoms with Gasteiger partial charge in [0.1, 0.15) is 11.6 Å². The lowest BCUT2D eigenvalue weighted by molar-refractivity contribution is -0.0336. The zero-order chi connectivity index (χ0) is 24.2. The van der Waals surface area contributed by atoms with Gasteiger partial charge in [-0.25, -0.2) is 8.78 Å². The maximum Gasteiger partial charge on any atom is 0.257 e. The van der Waals surface area contributed by atoms with E-state index < -0.39 is 23.6 Å². The van der Waals surface area contributed by atoms with Gasteiger partial charge in [-0.1, -0.05) is 0 Å². The number of ether oxygens (including phenoxy) is 3. The number of amides is 2. The molecule has 0 spiro atoms. The Labute approximate surface area is 197 Å². The number of nitrogens with zero attached hydrogens (tertiary/aromatic N) is 2. The summed E-state index contributed by atoms with van der Waals surface area (Å²) >= 11 is 0. The third-order valence-electron chi connectivity index (χ3n) is 6.10. The van der Waals surface area contributed by atoms with Crippen molar-refractivity contribution in [3.8, 4) is 11.5 Å². The summed E-state index contributed by atoms with van der Waals surface area (Å²) in [7, 11) is 3.05. The van der Waals surface area contributed by atoms with E-state index in [4.69, 9.17) is 14.2 Å². The number of hydrogen-bond acceptors (Lipinski definition) is 5. The Morgan fingerprint density at radius 3 is 2.50 bits per heavy atom. The first kappa shape index (κ1) is 23.9. The molecule has 1 atom stereocenters. The van der Waals surface area contributed by atoms with Crippen LogP contribution in [0.25, 0.3) is 0 Å². The molecule has 1 saturated heterocycles. The Bertz CT molecular complexity index is 1060. The van der Waals surface area contributed by atoms with Crippen LogP contribution >= 0.6 is 0 Å². The molecule has 9 heteroatoms. The quantitative estimate of drug-likeness (QED) is 0.587. The van der Waals surface area contributed by atoms with Crippen molar-refractivity contribution < 1.29 is 32.6 Å². The van der Waals surface area contributed by atoms with Crippen LogP contribution in [0, 0.1) is 17.6 Å². The standard InChI is InChI=1S/C25H28F2N2O5/c1-32-22-8-5-17(11-23(22)33-2)24(30)29(13-16-3-4-16)15-19-14-28(9-10-34-19)25(31)20-7-6-18(26)12-21(20)27/h5-8,11-12,16,19H,3-4,9-10,13-15H2,1-2H3. The zero-order valence-corrected chi connectivity index (χ0v) is 19.3. The second-order valence-electron chi connectivity index (χ2n) is 8.59. The summed E-state index contributed by atoms with van der Waals surface area (Å²) in [6.07, 6.45) is 1.70. The number of hydrogen-bond donors (Lipinski definition) is 0. The Morgan fingerprint density at radius 2 is 1.82 bits per heavy atom. The van der Waals surface area contributed by atoms with Crippen LogP contribution in [0.4, 0.5) is 8.78 Å². The van der Waals surface area contributed by atoms with E-state index in [1.165, 1.54) is 19.1 Å². The topological polar surface area (TPSA) is 68.3 Å². The van der Waals surface area contributed by atoms with E-state index in [1.54, 1.807) is 23.1 Å². The molecule has 0 bridgehead atoms. The van der Waals surface area contributed by atoms with E-state index in [2.05, 4.69) is 0 Å². The van der Waals surface area contributed by atoms with Crippen LogP contribution < -0.4 is 9.47 Å². The summed E-state index contributed by atoms with van der Waals surface area (Å²) in [4.78, 5) is 29.4. The van der Waals surface area contributed by atoms with Gasteiger partial charge in [-0.3, -0.25) is 9.59 Å². The highest BCUT2D eigenvalue weighted by Crippen LogP contribution is 2.32. The molecule has 1 saturated carbocycles. The number of carbonyl (C=O) groups excluding carboxylic acids is 2. The summed E-state index contributed by atoms with van der Waals surface area (Å²) in [6, 6.07) is 7.94. The normalized spacial score (nSPS) is 17.9. The van der Waals surface area contributed by atoms with Gasteiger partial charge in [0.05, 0.1) is 32.5 Å². The summed E-state index contributed by atoms with van der Waals surface area (Å²) in [5, 5.41) is 0. The third kappa shape index (κ3) is 5.47. The predicted octanol–water partition coefficient (Wildman–Crippen LogP) is 3.38.